The lowest BCUT2D eigenvalue weighted by molar-refractivity contribution is 0.477. The van der Waals surface area contributed by atoms with Crippen LogP contribution in [0.15, 0.2) is 47.4 Å². The second-order valence-corrected chi connectivity index (χ2v) is 5.85. The maximum Gasteiger partial charge on any atom is 0.244 e. The second-order valence-electron chi connectivity index (χ2n) is 3.92. The van der Waals surface area contributed by atoms with Gasteiger partial charge in [-0.2, -0.15) is 4.31 Å². The summed E-state index contributed by atoms with van der Waals surface area (Å²) in [6, 6.07) is 8.44. The number of rotatable bonds is 6. The molecule has 0 bridgehead atoms. The molecule has 0 saturated carbocycles. The fourth-order valence-corrected chi connectivity index (χ4v) is 2.83. The Bertz CT molecular complexity index is 565. The molecule has 0 aliphatic rings. The van der Waals surface area contributed by atoms with Crippen LogP contribution in [0.3, 0.4) is 0 Å². The van der Waals surface area contributed by atoms with Crippen molar-refractivity contribution in [3.8, 4) is 11.8 Å². The van der Waals surface area contributed by atoms with Gasteiger partial charge in [0.05, 0.1) is 11.4 Å². The average Bonchev–Trinajstić information content (AvgIpc) is 2.43. The second kappa shape index (κ2) is 7.78. The zero-order valence-electron chi connectivity index (χ0n) is 11.3. The molecule has 0 N–H and O–H groups in total. The first-order chi connectivity index (χ1) is 9.12. The van der Waals surface area contributed by atoms with Gasteiger partial charge in [-0.25, -0.2) is 8.42 Å². The molecular weight excluding hydrogens is 258 g/mol. The first-order valence-corrected chi connectivity index (χ1v) is 7.66. The van der Waals surface area contributed by atoms with E-state index >= 15 is 0 Å². The van der Waals surface area contributed by atoms with Crippen LogP contribution in [-0.4, -0.2) is 25.8 Å². The standard InChI is InChI=1S/C15H19NO2S/c1-3-5-10-14-16(13-6-4-2)19(17,18)15-11-8-7-9-12-15/h5,7-12H,3,13-14H2,1-2H3/b10-5-. The van der Waals surface area contributed by atoms with Crippen molar-refractivity contribution in [3.05, 3.63) is 42.5 Å². The third kappa shape index (κ3) is 4.55. The normalized spacial score (nSPS) is 11.5. The van der Waals surface area contributed by atoms with E-state index in [1.807, 2.05) is 19.1 Å². The van der Waals surface area contributed by atoms with E-state index in [1.165, 1.54) is 4.31 Å². The molecule has 0 aliphatic heterocycles. The molecule has 0 heterocycles. The largest absolute Gasteiger partial charge is 0.244 e. The van der Waals surface area contributed by atoms with Gasteiger partial charge in [0.1, 0.15) is 0 Å². The molecule has 0 unspecified atom stereocenters. The van der Waals surface area contributed by atoms with E-state index in [4.69, 9.17) is 0 Å². The molecule has 0 fully saturated rings. The van der Waals surface area contributed by atoms with Gasteiger partial charge in [0.15, 0.2) is 0 Å². The van der Waals surface area contributed by atoms with Gasteiger partial charge in [0.25, 0.3) is 0 Å². The van der Waals surface area contributed by atoms with E-state index < -0.39 is 10.0 Å². The highest BCUT2D eigenvalue weighted by molar-refractivity contribution is 7.89. The maximum atomic E-state index is 12.5. The summed E-state index contributed by atoms with van der Waals surface area (Å²) in [5.74, 6) is 5.55. The van der Waals surface area contributed by atoms with Gasteiger partial charge in [-0.1, -0.05) is 43.2 Å². The van der Waals surface area contributed by atoms with Crippen LogP contribution in [0, 0.1) is 11.8 Å². The lowest BCUT2D eigenvalue weighted by Crippen LogP contribution is -2.31. The van der Waals surface area contributed by atoms with E-state index in [0.29, 0.717) is 11.4 Å². The van der Waals surface area contributed by atoms with Crippen LogP contribution in [0.4, 0.5) is 0 Å². The molecule has 1 rings (SSSR count). The molecule has 0 saturated heterocycles. The molecule has 102 valence electrons. The molecule has 0 spiro atoms. The Balaban J connectivity index is 3.00. The molecule has 0 amide bonds. The monoisotopic (exact) mass is 277 g/mol. The molecule has 0 aliphatic carbocycles. The lowest BCUT2D eigenvalue weighted by Gasteiger charge is -2.18. The van der Waals surface area contributed by atoms with Crippen LogP contribution < -0.4 is 0 Å². The maximum absolute atomic E-state index is 12.5. The molecule has 1 aromatic carbocycles. The molecule has 19 heavy (non-hydrogen) atoms. The SMILES string of the molecule is CC#CCN(C/C=C\CC)S(=O)(=O)c1ccccc1. The van der Waals surface area contributed by atoms with Crippen molar-refractivity contribution in [1.29, 1.82) is 0 Å². The van der Waals surface area contributed by atoms with E-state index in [2.05, 4.69) is 11.8 Å². The quantitative estimate of drug-likeness (QED) is 0.592. The van der Waals surface area contributed by atoms with Crippen molar-refractivity contribution in [2.24, 2.45) is 0 Å². The molecular formula is C15H19NO2S. The summed E-state index contributed by atoms with van der Waals surface area (Å²) in [6.07, 6.45) is 4.70. The number of hydrogen-bond donors (Lipinski definition) is 0. The van der Waals surface area contributed by atoms with Crippen molar-refractivity contribution in [1.82, 2.24) is 4.31 Å². The van der Waals surface area contributed by atoms with Crippen molar-refractivity contribution in [3.63, 3.8) is 0 Å². The molecule has 1 aromatic rings. The van der Waals surface area contributed by atoms with Crippen LogP contribution >= 0.6 is 0 Å². The summed E-state index contributed by atoms with van der Waals surface area (Å²) in [4.78, 5) is 0.304. The van der Waals surface area contributed by atoms with E-state index in [-0.39, 0.29) is 6.54 Å². The Hall–Kier alpha value is -1.57. The van der Waals surface area contributed by atoms with E-state index in [0.717, 1.165) is 6.42 Å². The Morgan fingerprint density at radius 3 is 2.47 bits per heavy atom. The van der Waals surface area contributed by atoms with Gasteiger partial charge in [-0.15, -0.1) is 5.92 Å². The zero-order valence-corrected chi connectivity index (χ0v) is 12.2. The third-order valence-electron chi connectivity index (χ3n) is 2.52. The highest BCUT2D eigenvalue weighted by Gasteiger charge is 2.22. The van der Waals surface area contributed by atoms with Crippen LogP contribution in [0.25, 0.3) is 0 Å². The minimum Gasteiger partial charge on any atom is -0.207 e. The number of sulfonamides is 1. The van der Waals surface area contributed by atoms with Crippen molar-refractivity contribution >= 4 is 10.0 Å². The van der Waals surface area contributed by atoms with Gasteiger partial charge in [0, 0.05) is 6.54 Å². The molecule has 0 radical (unpaired) electrons. The Labute approximate surface area is 116 Å². The molecule has 3 nitrogen and oxygen atoms in total. The van der Waals surface area contributed by atoms with Gasteiger partial charge < -0.3 is 0 Å². The summed E-state index contributed by atoms with van der Waals surface area (Å²) in [7, 11) is -3.47. The average molecular weight is 277 g/mol. The Morgan fingerprint density at radius 2 is 1.89 bits per heavy atom. The predicted molar refractivity (Wildman–Crippen MR) is 78.1 cm³/mol. The summed E-state index contributed by atoms with van der Waals surface area (Å²) < 4.78 is 26.3. The molecule has 0 atom stereocenters. The summed E-state index contributed by atoms with van der Waals surface area (Å²) >= 11 is 0. The number of allylic oxidation sites excluding steroid dienone is 1. The highest BCUT2D eigenvalue weighted by atomic mass is 32.2. The van der Waals surface area contributed by atoms with Crippen molar-refractivity contribution in [2.75, 3.05) is 13.1 Å². The third-order valence-corrected chi connectivity index (χ3v) is 4.35. The fraction of sp³-hybridized carbons (Fsp3) is 0.333. The number of benzene rings is 1. The first kappa shape index (κ1) is 15.5. The van der Waals surface area contributed by atoms with Gasteiger partial charge in [0.2, 0.25) is 10.0 Å². The van der Waals surface area contributed by atoms with Crippen molar-refractivity contribution in [2.45, 2.75) is 25.2 Å². The first-order valence-electron chi connectivity index (χ1n) is 6.22. The van der Waals surface area contributed by atoms with Gasteiger partial charge in [-0.3, -0.25) is 0 Å². The smallest absolute Gasteiger partial charge is 0.207 e. The fourth-order valence-electron chi connectivity index (χ4n) is 1.52. The topological polar surface area (TPSA) is 37.4 Å². The van der Waals surface area contributed by atoms with Gasteiger partial charge >= 0.3 is 0 Å². The summed E-state index contributed by atoms with van der Waals surface area (Å²) in [5, 5.41) is 0. The van der Waals surface area contributed by atoms with Crippen LogP contribution in [0.1, 0.15) is 20.3 Å². The summed E-state index contributed by atoms with van der Waals surface area (Å²) in [6.45, 7) is 4.27. The lowest BCUT2D eigenvalue weighted by atomic mass is 10.4. The Kier molecular flexibility index (Phi) is 6.34. The van der Waals surface area contributed by atoms with Crippen LogP contribution in [0.5, 0.6) is 0 Å². The minimum atomic E-state index is -3.47. The van der Waals surface area contributed by atoms with Crippen molar-refractivity contribution < 1.29 is 8.42 Å². The number of nitrogens with zero attached hydrogens (tertiary/aromatic N) is 1. The van der Waals surface area contributed by atoms with Crippen LogP contribution in [0.2, 0.25) is 0 Å². The predicted octanol–water partition coefficient (Wildman–Crippen LogP) is 2.67. The molecule has 4 heteroatoms. The van der Waals surface area contributed by atoms with Crippen LogP contribution in [-0.2, 0) is 10.0 Å². The zero-order chi connectivity index (χ0) is 14.1. The Morgan fingerprint density at radius 1 is 1.21 bits per heavy atom. The minimum absolute atomic E-state index is 0.210. The van der Waals surface area contributed by atoms with E-state index in [9.17, 15) is 8.42 Å². The highest BCUT2D eigenvalue weighted by Crippen LogP contribution is 2.14. The summed E-state index contributed by atoms with van der Waals surface area (Å²) in [5.41, 5.74) is 0. The van der Waals surface area contributed by atoms with E-state index in [1.54, 1.807) is 37.3 Å². The van der Waals surface area contributed by atoms with Gasteiger partial charge in [-0.05, 0) is 25.5 Å². The number of hydrogen-bond acceptors (Lipinski definition) is 2. The molecule has 0 aromatic heterocycles.